The van der Waals surface area contributed by atoms with E-state index in [1.807, 2.05) is 0 Å². The van der Waals surface area contributed by atoms with Gasteiger partial charge in [-0.3, -0.25) is 29.6 Å². The van der Waals surface area contributed by atoms with Crippen LogP contribution in [0.15, 0.2) is 73.1 Å². The summed E-state index contributed by atoms with van der Waals surface area (Å²) in [6.07, 6.45) is -10.9. The Balaban J connectivity index is 1.63. The predicted octanol–water partition coefficient (Wildman–Crippen LogP) is 8.06. The number of carbonyl (C=O) groups excluding carboxylic acids is 1. The number of nitrogens with zero attached hydrogens (tertiary/aromatic N) is 6. The van der Waals surface area contributed by atoms with Gasteiger partial charge in [0.25, 0.3) is 11.4 Å². The Morgan fingerprint density at radius 2 is 0.981 bits per heavy atom. The third kappa shape index (κ3) is 10.3. The fourth-order valence-electron chi connectivity index (χ4n) is 5.47. The zero-order valence-corrected chi connectivity index (χ0v) is 28.2. The quantitative estimate of drug-likeness (QED) is 0.0540. The fourth-order valence-corrected chi connectivity index (χ4v) is 5.47. The normalized spacial score (nSPS) is 13.7. The molecular formula is C33H34F6N6O7. The van der Waals surface area contributed by atoms with Gasteiger partial charge in [-0.1, -0.05) is 52.0 Å². The standard InChI is InChI=1S/C33H34F6N6O7/c1-30(2,17-21-5-9-23(10-6-21)44(47)48)27(19-42-15-13-25(40-42)32(34,35)36)51-29(46)52-28(20-43-16-14-26(41-43)33(37,38)39)31(3,4)18-22-7-11-24(12-8-22)45(49)50/h5-16,27-28H,17-20H2,1-4H3/t27-,28-/m1/s1. The SMILES string of the molecule is CC(C)(Cc1ccc([N+](=O)[O-])cc1)[C@@H](Cn1ccc(C(F)(F)F)n1)OC(=O)O[C@H](Cn1ccc(C(F)(F)F)n1)C(C)(C)Cc1ccc([N+](=O)[O-])cc1. The molecule has 0 spiro atoms. The number of nitro groups is 2. The van der Waals surface area contributed by atoms with Gasteiger partial charge in [0.15, 0.2) is 11.4 Å². The topological polar surface area (TPSA) is 157 Å². The Bertz CT molecular complexity index is 1740. The third-order valence-corrected chi connectivity index (χ3v) is 8.40. The highest BCUT2D eigenvalue weighted by atomic mass is 19.4. The van der Waals surface area contributed by atoms with Crippen molar-refractivity contribution in [1.82, 2.24) is 19.6 Å². The van der Waals surface area contributed by atoms with Crippen LogP contribution in [-0.2, 0) is 47.8 Å². The van der Waals surface area contributed by atoms with E-state index in [-0.39, 0.29) is 37.3 Å². The van der Waals surface area contributed by atoms with Crippen molar-refractivity contribution in [3.63, 3.8) is 0 Å². The first-order chi connectivity index (χ1) is 24.0. The largest absolute Gasteiger partial charge is 0.508 e. The van der Waals surface area contributed by atoms with Crippen molar-refractivity contribution in [2.75, 3.05) is 0 Å². The second kappa shape index (κ2) is 15.0. The lowest BCUT2D eigenvalue weighted by Gasteiger charge is -2.36. The number of nitro benzene ring substituents is 2. The molecule has 0 saturated heterocycles. The number of carbonyl (C=O) groups is 1. The molecule has 0 aliphatic heterocycles. The number of non-ortho nitro benzene ring substituents is 2. The summed E-state index contributed by atoms with van der Waals surface area (Å²) in [6.45, 7) is 5.85. The molecule has 4 aromatic rings. The van der Waals surface area contributed by atoms with Crippen LogP contribution >= 0.6 is 0 Å². The maximum Gasteiger partial charge on any atom is 0.508 e. The van der Waals surface area contributed by atoms with Crippen LogP contribution in [0.1, 0.15) is 50.2 Å². The first-order valence-electron chi connectivity index (χ1n) is 15.6. The molecule has 2 atom stereocenters. The first-order valence-corrected chi connectivity index (χ1v) is 15.6. The minimum atomic E-state index is -4.75. The van der Waals surface area contributed by atoms with E-state index in [2.05, 4.69) is 10.2 Å². The molecule has 0 aliphatic carbocycles. The van der Waals surface area contributed by atoms with Crippen molar-refractivity contribution < 1.29 is 50.5 Å². The van der Waals surface area contributed by atoms with E-state index in [1.54, 1.807) is 27.7 Å². The van der Waals surface area contributed by atoms with Gasteiger partial charge in [-0.2, -0.15) is 36.5 Å². The summed E-state index contributed by atoms with van der Waals surface area (Å²) in [6, 6.07) is 12.5. The average molecular weight is 741 g/mol. The van der Waals surface area contributed by atoms with Crippen LogP contribution in [-0.4, -0.2) is 47.8 Å². The molecule has 0 radical (unpaired) electrons. The summed E-state index contributed by atoms with van der Waals surface area (Å²) < 4.78 is 93.5. The molecule has 19 heteroatoms. The Morgan fingerprint density at radius 1 is 0.654 bits per heavy atom. The summed E-state index contributed by atoms with van der Waals surface area (Å²) in [7, 11) is 0. The van der Waals surface area contributed by atoms with Gasteiger partial charge in [-0.05, 0) is 36.1 Å². The van der Waals surface area contributed by atoms with Crippen LogP contribution < -0.4 is 0 Å². The molecule has 2 aromatic carbocycles. The zero-order chi connectivity index (χ0) is 38.6. The monoisotopic (exact) mass is 740 g/mol. The van der Waals surface area contributed by atoms with Gasteiger partial charge in [0.1, 0.15) is 12.2 Å². The highest BCUT2D eigenvalue weighted by Crippen LogP contribution is 2.35. The number of alkyl halides is 6. The van der Waals surface area contributed by atoms with Crippen LogP contribution in [0.25, 0.3) is 0 Å². The van der Waals surface area contributed by atoms with Crippen LogP contribution in [0.4, 0.5) is 42.5 Å². The van der Waals surface area contributed by atoms with Crippen LogP contribution in [0.2, 0.25) is 0 Å². The van der Waals surface area contributed by atoms with E-state index >= 15 is 0 Å². The molecule has 0 N–H and O–H groups in total. The van der Waals surface area contributed by atoms with Crippen LogP contribution in [0.5, 0.6) is 0 Å². The van der Waals surface area contributed by atoms with Gasteiger partial charge in [-0.25, -0.2) is 4.79 Å². The zero-order valence-electron chi connectivity index (χ0n) is 28.2. The number of hydrogen-bond donors (Lipinski definition) is 0. The van der Waals surface area contributed by atoms with Gasteiger partial charge < -0.3 is 9.47 Å². The van der Waals surface area contributed by atoms with Crippen molar-refractivity contribution in [3.05, 3.63) is 116 Å². The molecule has 0 unspecified atom stereocenters. The average Bonchev–Trinajstić information content (AvgIpc) is 3.71. The van der Waals surface area contributed by atoms with E-state index in [0.717, 1.165) is 33.9 Å². The lowest BCUT2D eigenvalue weighted by Crippen LogP contribution is -2.43. The van der Waals surface area contributed by atoms with Gasteiger partial charge in [0, 0.05) is 47.5 Å². The molecular weight excluding hydrogens is 706 g/mol. The number of hydrogen-bond acceptors (Lipinski definition) is 9. The van der Waals surface area contributed by atoms with E-state index in [4.69, 9.17) is 9.47 Å². The van der Waals surface area contributed by atoms with Gasteiger partial charge in [-0.15, -0.1) is 0 Å². The second-order valence-corrected chi connectivity index (χ2v) is 13.5. The molecule has 4 rings (SSSR count). The molecule has 2 heterocycles. The molecule has 0 saturated carbocycles. The second-order valence-electron chi connectivity index (χ2n) is 13.5. The number of benzene rings is 2. The molecule has 13 nitrogen and oxygen atoms in total. The highest BCUT2D eigenvalue weighted by Gasteiger charge is 2.40. The Hall–Kier alpha value is -5.49. The summed E-state index contributed by atoms with van der Waals surface area (Å²) in [5.41, 5.74) is -3.68. The number of ether oxygens (including phenoxy) is 2. The summed E-state index contributed by atoms with van der Waals surface area (Å²) in [5, 5.41) is 29.4. The van der Waals surface area contributed by atoms with E-state index < -0.39 is 62.8 Å². The molecule has 0 fully saturated rings. The van der Waals surface area contributed by atoms with Crippen LogP contribution in [0, 0.1) is 31.1 Å². The molecule has 0 aliphatic rings. The predicted molar refractivity (Wildman–Crippen MR) is 171 cm³/mol. The highest BCUT2D eigenvalue weighted by molar-refractivity contribution is 5.60. The summed E-state index contributed by atoms with van der Waals surface area (Å²) in [5.74, 6) is 0. The Morgan fingerprint density at radius 3 is 1.25 bits per heavy atom. The van der Waals surface area contributed by atoms with Gasteiger partial charge >= 0.3 is 18.5 Å². The van der Waals surface area contributed by atoms with Crippen molar-refractivity contribution in [2.24, 2.45) is 10.8 Å². The Labute approximate surface area is 292 Å². The molecule has 2 aromatic heterocycles. The minimum Gasteiger partial charge on any atom is -0.428 e. The summed E-state index contributed by atoms with van der Waals surface area (Å²) in [4.78, 5) is 34.7. The minimum absolute atomic E-state index is 0.124. The maximum absolute atomic E-state index is 13.6. The number of aromatic nitrogens is 4. The Kier molecular flexibility index (Phi) is 11.3. The van der Waals surface area contributed by atoms with E-state index in [1.165, 1.54) is 48.5 Å². The van der Waals surface area contributed by atoms with Crippen LogP contribution in [0.3, 0.4) is 0 Å². The van der Waals surface area contributed by atoms with Crippen molar-refractivity contribution in [2.45, 2.75) is 78.2 Å². The number of rotatable bonds is 14. The maximum atomic E-state index is 13.6. The fraction of sp³-hybridized carbons (Fsp3) is 0.424. The van der Waals surface area contributed by atoms with Gasteiger partial charge in [0.2, 0.25) is 0 Å². The lowest BCUT2D eigenvalue weighted by atomic mass is 9.80. The first kappa shape index (κ1) is 39.3. The lowest BCUT2D eigenvalue weighted by molar-refractivity contribution is -0.385. The van der Waals surface area contributed by atoms with Crippen molar-refractivity contribution in [1.29, 1.82) is 0 Å². The molecule has 0 amide bonds. The van der Waals surface area contributed by atoms with Gasteiger partial charge in [0.05, 0.1) is 22.9 Å². The molecule has 280 valence electrons. The van der Waals surface area contributed by atoms with E-state index in [0.29, 0.717) is 11.1 Å². The smallest absolute Gasteiger partial charge is 0.428 e. The molecule has 52 heavy (non-hydrogen) atoms. The summed E-state index contributed by atoms with van der Waals surface area (Å²) >= 11 is 0. The van der Waals surface area contributed by atoms with E-state index in [9.17, 15) is 51.4 Å². The van der Waals surface area contributed by atoms with Crippen molar-refractivity contribution in [3.8, 4) is 0 Å². The third-order valence-electron chi connectivity index (χ3n) is 8.40. The van der Waals surface area contributed by atoms with Crippen molar-refractivity contribution >= 4 is 17.5 Å². The number of halogens is 6. The molecule has 0 bridgehead atoms.